The zero-order chi connectivity index (χ0) is 21.1. The lowest BCUT2D eigenvalue weighted by Gasteiger charge is -2.16. The third kappa shape index (κ3) is 4.09. The van der Waals surface area contributed by atoms with E-state index in [1.165, 1.54) is 6.20 Å². The molecule has 0 spiro atoms. The number of benzene rings is 2. The highest BCUT2D eigenvalue weighted by molar-refractivity contribution is 6.30. The average molecular weight is 419 g/mol. The number of hydrogen-bond donors (Lipinski definition) is 1. The first-order valence-corrected chi connectivity index (χ1v) is 9.85. The van der Waals surface area contributed by atoms with E-state index in [0.717, 1.165) is 11.0 Å². The van der Waals surface area contributed by atoms with Crippen LogP contribution in [0.1, 0.15) is 39.5 Å². The van der Waals surface area contributed by atoms with Crippen molar-refractivity contribution in [2.24, 2.45) is 0 Å². The van der Waals surface area contributed by atoms with Gasteiger partial charge in [0.25, 0.3) is 5.91 Å². The zero-order valence-electron chi connectivity index (χ0n) is 16.2. The molecule has 2 aromatic carbocycles. The second kappa shape index (κ2) is 8.47. The molecular weight excluding hydrogens is 400 g/mol. The Labute approximate surface area is 178 Å². The molecule has 2 heterocycles. The smallest absolute Gasteiger partial charge is 0.253 e. The molecule has 1 amide bonds. The summed E-state index contributed by atoms with van der Waals surface area (Å²) in [5, 5.41) is 3.52. The topological polar surface area (TPSA) is 76.9 Å². The molecular formula is C23H19ClN4O2. The van der Waals surface area contributed by atoms with E-state index in [1.54, 1.807) is 42.6 Å². The fourth-order valence-electron chi connectivity index (χ4n) is 3.30. The number of pyridine rings is 1. The van der Waals surface area contributed by atoms with Crippen molar-refractivity contribution in [1.82, 2.24) is 19.9 Å². The number of fused-ring (bicyclic) bond motifs is 1. The largest absolute Gasteiger partial charge is 0.342 e. The molecule has 4 aromatic rings. The third-order valence-corrected chi connectivity index (χ3v) is 5.06. The Hall–Kier alpha value is -3.51. The van der Waals surface area contributed by atoms with Crippen molar-refractivity contribution in [2.75, 3.05) is 0 Å². The van der Waals surface area contributed by atoms with Crippen LogP contribution in [-0.2, 0) is 6.54 Å². The number of imidazole rings is 1. The number of carbonyl (C=O) groups excluding carboxylic acids is 2. The van der Waals surface area contributed by atoms with Gasteiger partial charge in [-0.1, -0.05) is 23.7 Å². The number of nitrogens with zero attached hydrogens (tertiary/aromatic N) is 3. The zero-order valence-corrected chi connectivity index (χ0v) is 17.0. The highest BCUT2D eigenvalue weighted by Gasteiger charge is 2.21. The van der Waals surface area contributed by atoms with E-state index in [0.29, 0.717) is 22.0 Å². The molecule has 150 valence electrons. The number of Topliss-reactive ketones (excluding diaryl/α,β-unsaturated/α-hetero) is 1. The molecule has 0 radical (unpaired) electrons. The molecule has 0 saturated carbocycles. The van der Waals surface area contributed by atoms with Gasteiger partial charge in [0, 0.05) is 23.0 Å². The molecule has 0 aliphatic heterocycles. The van der Waals surface area contributed by atoms with Crippen molar-refractivity contribution in [1.29, 1.82) is 0 Å². The minimum Gasteiger partial charge on any atom is -0.342 e. The van der Waals surface area contributed by atoms with Gasteiger partial charge in [0.05, 0.1) is 29.2 Å². The minimum absolute atomic E-state index is 0.0677. The molecule has 0 bridgehead atoms. The first kappa shape index (κ1) is 19.8. The summed E-state index contributed by atoms with van der Waals surface area (Å²) in [6.07, 6.45) is 3.12. The number of halogens is 1. The van der Waals surface area contributed by atoms with Crippen LogP contribution in [0.3, 0.4) is 0 Å². The number of aromatic nitrogens is 3. The number of amides is 1. The van der Waals surface area contributed by atoms with E-state index in [1.807, 2.05) is 35.8 Å². The monoisotopic (exact) mass is 418 g/mol. The van der Waals surface area contributed by atoms with Crippen molar-refractivity contribution >= 4 is 34.3 Å². The average Bonchev–Trinajstić information content (AvgIpc) is 3.13. The van der Waals surface area contributed by atoms with Crippen LogP contribution in [-0.4, -0.2) is 26.2 Å². The van der Waals surface area contributed by atoms with Crippen LogP contribution in [0, 0.1) is 0 Å². The van der Waals surface area contributed by atoms with Gasteiger partial charge in [0.1, 0.15) is 5.82 Å². The van der Waals surface area contributed by atoms with E-state index in [-0.39, 0.29) is 18.2 Å². The van der Waals surface area contributed by atoms with Gasteiger partial charge >= 0.3 is 0 Å². The number of hydrogen-bond acceptors (Lipinski definition) is 4. The summed E-state index contributed by atoms with van der Waals surface area (Å²) in [5.74, 6) is 0.288. The molecule has 30 heavy (non-hydrogen) atoms. The molecule has 6 nitrogen and oxygen atoms in total. The number of ketones is 1. The Morgan fingerprint density at radius 3 is 2.53 bits per heavy atom. The lowest BCUT2D eigenvalue weighted by molar-refractivity contribution is 0.0937. The predicted molar refractivity (Wildman–Crippen MR) is 116 cm³/mol. The molecule has 2 aromatic heterocycles. The Balaban J connectivity index is 1.65. The molecule has 7 heteroatoms. The molecule has 0 saturated heterocycles. The van der Waals surface area contributed by atoms with Gasteiger partial charge in [-0.25, -0.2) is 4.98 Å². The second-order valence-corrected chi connectivity index (χ2v) is 7.35. The minimum atomic E-state index is -0.414. The fourth-order valence-corrected chi connectivity index (χ4v) is 3.43. The number of nitrogens with one attached hydrogen (secondary N) is 1. The normalized spacial score (nSPS) is 11.9. The maximum Gasteiger partial charge on any atom is 0.253 e. The second-order valence-electron chi connectivity index (χ2n) is 6.91. The first-order valence-electron chi connectivity index (χ1n) is 9.48. The number of para-hydroxylation sites is 2. The van der Waals surface area contributed by atoms with Crippen LogP contribution < -0.4 is 5.32 Å². The summed E-state index contributed by atoms with van der Waals surface area (Å²) in [4.78, 5) is 34.1. The van der Waals surface area contributed by atoms with Crippen LogP contribution in [0.25, 0.3) is 11.0 Å². The van der Waals surface area contributed by atoms with Crippen LogP contribution >= 0.6 is 11.6 Å². The van der Waals surface area contributed by atoms with Crippen LogP contribution in [0.15, 0.2) is 73.1 Å². The number of carbonyl (C=O) groups is 2. The highest BCUT2D eigenvalue weighted by atomic mass is 35.5. The van der Waals surface area contributed by atoms with Gasteiger partial charge in [0.2, 0.25) is 0 Å². The van der Waals surface area contributed by atoms with Crippen molar-refractivity contribution in [3.05, 3.63) is 95.0 Å². The Kier molecular flexibility index (Phi) is 5.59. The standard InChI is InChI=1S/C23H19ClN4O2/c1-15(26-23(30)17-5-4-12-25-13-17)22-27-19-6-2-3-7-20(19)28(22)14-21(29)16-8-10-18(24)11-9-16/h2-13,15H,14H2,1H3,(H,26,30). The van der Waals surface area contributed by atoms with E-state index >= 15 is 0 Å². The lowest BCUT2D eigenvalue weighted by atomic mass is 10.1. The van der Waals surface area contributed by atoms with E-state index in [4.69, 9.17) is 11.6 Å². The quantitative estimate of drug-likeness (QED) is 0.469. The molecule has 1 atom stereocenters. The van der Waals surface area contributed by atoms with Gasteiger partial charge in [0.15, 0.2) is 5.78 Å². The van der Waals surface area contributed by atoms with E-state index < -0.39 is 6.04 Å². The SMILES string of the molecule is CC(NC(=O)c1cccnc1)c1nc2ccccc2n1CC(=O)c1ccc(Cl)cc1. The van der Waals surface area contributed by atoms with Crippen LogP contribution in [0.5, 0.6) is 0 Å². The fraction of sp³-hybridized carbons (Fsp3) is 0.130. The Morgan fingerprint density at radius 2 is 1.80 bits per heavy atom. The Morgan fingerprint density at radius 1 is 1.03 bits per heavy atom. The van der Waals surface area contributed by atoms with Crippen molar-refractivity contribution in [2.45, 2.75) is 19.5 Å². The summed E-state index contributed by atoms with van der Waals surface area (Å²) in [6.45, 7) is 1.95. The summed E-state index contributed by atoms with van der Waals surface area (Å²) in [5.41, 5.74) is 2.62. The molecule has 0 aliphatic carbocycles. The van der Waals surface area contributed by atoms with Crippen molar-refractivity contribution in [3.8, 4) is 0 Å². The maximum atomic E-state index is 12.9. The van der Waals surface area contributed by atoms with Gasteiger partial charge < -0.3 is 9.88 Å². The summed E-state index contributed by atoms with van der Waals surface area (Å²) in [6, 6.07) is 17.4. The molecule has 4 rings (SSSR count). The molecule has 0 fully saturated rings. The number of rotatable bonds is 6. The predicted octanol–water partition coefficient (Wildman–Crippen LogP) is 4.46. The molecule has 1 unspecified atom stereocenters. The van der Waals surface area contributed by atoms with Gasteiger partial charge in [-0.2, -0.15) is 0 Å². The summed E-state index contributed by atoms with van der Waals surface area (Å²) < 4.78 is 1.85. The highest BCUT2D eigenvalue weighted by Crippen LogP contribution is 2.22. The summed E-state index contributed by atoms with van der Waals surface area (Å²) in [7, 11) is 0. The van der Waals surface area contributed by atoms with Crippen LogP contribution in [0.4, 0.5) is 0 Å². The molecule has 0 aliphatic rings. The lowest BCUT2D eigenvalue weighted by Crippen LogP contribution is -2.29. The summed E-state index contributed by atoms with van der Waals surface area (Å²) >= 11 is 5.93. The Bertz CT molecular complexity index is 1200. The van der Waals surface area contributed by atoms with E-state index in [9.17, 15) is 9.59 Å². The van der Waals surface area contributed by atoms with Crippen LogP contribution in [0.2, 0.25) is 5.02 Å². The van der Waals surface area contributed by atoms with Gasteiger partial charge in [-0.15, -0.1) is 0 Å². The van der Waals surface area contributed by atoms with Crippen molar-refractivity contribution < 1.29 is 9.59 Å². The maximum absolute atomic E-state index is 12.9. The van der Waals surface area contributed by atoms with Gasteiger partial charge in [-0.3, -0.25) is 14.6 Å². The van der Waals surface area contributed by atoms with Gasteiger partial charge in [-0.05, 0) is 55.5 Å². The third-order valence-electron chi connectivity index (χ3n) is 4.81. The van der Waals surface area contributed by atoms with Crippen molar-refractivity contribution in [3.63, 3.8) is 0 Å². The first-order chi connectivity index (χ1) is 14.5. The molecule has 1 N–H and O–H groups in total. The van der Waals surface area contributed by atoms with E-state index in [2.05, 4.69) is 15.3 Å².